The van der Waals surface area contributed by atoms with Crippen molar-refractivity contribution in [1.29, 1.82) is 0 Å². The molecule has 0 fully saturated rings. The minimum atomic E-state index is -0.793. The molecule has 2 N–H and O–H groups in total. The number of carbonyl (C=O) groups excluding carboxylic acids is 3. The average Bonchev–Trinajstić information content (AvgIpc) is 3.25. The fourth-order valence-electron chi connectivity index (χ4n) is 2.83. The molecule has 0 saturated carbocycles. The van der Waals surface area contributed by atoms with Gasteiger partial charge in [0, 0.05) is 6.42 Å². The zero-order chi connectivity index (χ0) is 20.4. The van der Waals surface area contributed by atoms with Crippen molar-refractivity contribution in [2.45, 2.75) is 24.9 Å². The lowest BCUT2D eigenvalue weighted by atomic mass is 10.0. The first-order valence-electron chi connectivity index (χ1n) is 9.11. The molecule has 0 bridgehead atoms. The number of esters is 1. The minimum Gasteiger partial charge on any atom is -0.467 e. The molecular weight excluding hydrogens is 376 g/mol. The topological polar surface area (TPSA) is 84.5 Å². The van der Waals surface area contributed by atoms with E-state index in [1.165, 1.54) is 7.11 Å². The summed E-state index contributed by atoms with van der Waals surface area (Å²) in [5.74, 6) is -0.833. The van der Waals surface area contributed by atoms with Crippen LogP contribution in [-0.2, 0) is 25.5 Å². The standard InChI is InChI=1S/C21H26N2O4S/c1-27-21(26)17(12-13-28-2)22-20(25)18(14-15-8-4-3-5-9-15)23-19(24)16-10-6-7-11-16/h3-11,16-18H,12-14H2,1-2H3,(H,22,25)(H,23,24)/t17-,18-/m0/s1. The summed E-state index contributed by atoms with van der Waals surface area (Å²) in [6.45, 7) is 0. The van der Waals surface area contributed by atoms with E-state index in [2.05, 4.69) is 10.6 Å². The van der Waals surface area contributed by atoms with Crippen LogP contribution in [0.3, 0.4) is 0 Å². The van der Waals surface area contributed by atoms with E-state index in [0.717, 1.165) is 5.56 Å². The van der Waals surface area contributed by atoms with E-state index >= 15 is 0 Å². The van der Waals surface area contributed by atoms with Crippen molar-refractivity contribution in [3.63, 3.8) is 0 Å². The highest BCUT2D eigenvalue weighted by Crippen LogP contribution is 2.11. The molecule has 1 aromatic rings. The highest BCUT2D eigenvalue weighted by molar-refractivity contribution is 7.98. The number of amides is 2. The Kier molecular flexibility index (Phi) is 8.81. The molecule has 1 aromatic carbocycles. The molecule has 0 unspecified atom stereocenters. The predicted molar refractivity (Wildman–Crippen MR) is 111 cm³/mol. The largest absolute Gasteiger partial charge is 0.467 e. The summed E-state index contributed by atoms with van der Waals surface area (Å²) in [7, 11) is 1.29. The normalized spacial score (nSPS) is 15.1. The molecule has 6 nitrogen and oxygen atoms in total. The van der Waals surface area contributed by atoms with E-state index in [9.17, 15) is 14.4 Å². The van der Waals surface area contributed by atoms with Gasteiger partial charge in [0.25, 0.3) is 0 Å². The molecule has 0 radical (unpaired) electrons. The SMILES string of the molecule is COC(=O)[C@H](CCSC)NC(=O)[C@H](Cc1ccccc1)NC(=O)C1C=CC=C1. The zero-order valence-electron chi connectivity index (χ0n) is 16.1. The van der Waals surface area contributed by atoms with Crippen LogP contribution in [0.1, 0.15) is 12.0 Å². The third kappa shape index (κ3) is 6.56. The van der Waals surface area contributed by atoms with Crippen LogP contribution in [0.4, 0.5) is 0 Å². The van der Waals surface area contributed by atoms with E-state index < -0.39 is 24.0 Å². The number of allylic oxidation sites excluding steroid dienone is 2. The first-order valence-corrected chi connectivity index (χ1v) is 10.5. The predicted octanol–water partition coefficient (Wildman–Crippen LogP) is 1.87. The molecule has 7 heteroatoms. The molecule has 2 amide bonds. The Morgan fingerprint density at radius 1 is 1.07 bits per heavy atom. The fourth-order valence-corrected chi connectivity index (χ4v) is 3.30. The monoisotopic (exact) mass is 402 g/mol. The van der Waals surface area contributed by atoms with Gasteiger partial charge in [-0.25, -0.2) is 4.79 Å². The minimum absolute atomic E-state index is 0.250. The summed E-state index contributed by atoms with van der Waals surface area (Å²) in [6.07, 6.45) is 9.84. The number of benzene rings is 1. The maximum Gasteiger partial charge on any atom is 0.328 e. The smallest absolute Gasteiger partial charge is 0.328 e. The van der Waals surface area contributed by atoms with Crippen LogP contribution in [0.2, 0.25) is 0 Å². The van der Waals surface area contributed by atoms with Gasteiger partial charge < -0.3 is 15.4 Å². The Hall–Kier alpha value is -2.54. The number of thioether (sulfide) groups is 1. The molecule has 2 rings (SSSR count). The fraction of sp³-hybridized carbons (Fsp3) is 0.381. The number of carbonyl (C=O) groups is 3. The average molecular weight is 403 g/mol. The van der Waals surface area contributed by atoms with Crippen molar-refractivity contribution < 1.29 is 19.1 Å². The number of nitrogens with one attached hydrogen (secondary N) is 2. The number of ether oxygens (including phenoxy) is 1. The van der Waals surface area contributed by atoms with Gasteiger partial charge in [0.2, 0.25) is 11.8 Å². The number of rotatable bonds is 10. The first kappa shape index (κ1) is 21.8. The molecule has 0 heterocycles. The van der Waals surface area contributed by atoms with Gasteiger partial charge in [0.1, 0.15) is 12.1 Å². The Balaban J connectivity index is 2.12. The molecule has 1 aliphatic rings. The lowest BCUT2D eigenvalue weighted by molar-refractivity contribution is -0.145. The number of methoxy groups -OCH3 is 1. The van der Waals surface area contributed by atoms with Crippen LogP contribution >= 0.6 is 11.8 Å². The van der Waals surface area contributed by atoms with Crippen LogP contribution in [0.15, 0.2) is 54.6 Å². The van der Waals surface area contributed by atoms with Crippen LogP contribution in [0.25, 0.3) is 0 Å². The Bertz CT molecular complexity index is 721. The summed E-state index contributed by atoms with van der Waals surface area (Å²) in [5, 5.41) is 5.56. The zero-order valence-corrected chi connectivity index (χ0v) is 16.9. The Morgan fingerprint density at radius 2 is 1.75 bits per heavy atom. The van der Waals surface area contributed by atoms with Gasteiger partial charge in [0.05, 0.1) is 13.0 Å². The Morgan fingerprint density at radius 3 is 2.36 bits per heavy atom. The van der Waals surface area contributed by atoms with Crippen molar-refractivity contribution in [2.24, 2.45) is 5.92 Å². The third-order valence-electron chi connectivity index (χ3n) is 4.38. The van der Waals surface area contributed by atoms with Gasteiger partial charge in [-0.15, -0.1) is 0 Å². The van der Waals surface area contributed by atoms with Crippen molar-refractivity contribution in [3.8, 4) is 0 Å². The number of hydrogen-bond donors (Lipinski definition) is 2. The summed E-state index contributed by atoms with van der Waals surface area (Å²) in [6, 6.07) is 7.90. The molecule has 0 aromatic heterocycles. The summed E-state index contributed by atoms with van der Waals surface area (Å²) >= 11 is 1.58. The van der Waals surface area contributed by atoms with Crippen LogP contribution in [0.5, 0.6) is 0 Å². The third-order valence-corrected chi connectivity index (χ3v) is 5.02. The molecule has 150 valence electrons. The molecule has 1 aliphatic carbocycles. The highest BCUT2D eigenvalue weighted by Gasteiger charge is 2.28. The van der Waals surface area contributed by atoms with Crippen LogP contribution < -0.4 is 10.6 Å². The van der Waals surface area contributed by atoms with Gasteiger partial charge in [-0.2, -0.15) is 11.8 Å². The van der Waals surface area contributed by atoms with E-state index in [1.54, 1.807) is 36.1 Å². The van der Waals surface area contributed by atoms with Crippen molar-refractivity contribution in [1.82, 2.24) is 10.6 Å². The van der Waals surface area contributed by atoms with Crippen LogP contribution in [0, 0.1) is 5.92 Å². The van der Waals surface area contributed by atoms with Gasteiger partial charge in [-0.3, -0.25) is 9.59 Å². The molecule has 0 spiro atoms. The van der Waals surface area contributed by atoms with Crippen molar-refractivity contribution in [2.75, 3.05) is 19.1 Å². The quantitative estimate of drug-likeness (QED) is 0.584. The van der Waals surface area contributed by atoms with E-state index in [4.69, 9.17) is 4.74 Å². The van der Waals surface area contributed by atoms with Gasteiger partial charge in [0.15, 0.2) is 0 Å². The molecule has 28 heavy (non-hydrogen) atoms. The lowest BCUT2D eigenvalue weighted by Crippen LogP contribution is -2.53. The summed E-state index contributed by atoms with van der Waals surface area (Å²) in [4.78, 5) is 37.4. The Labute approximate surface area is 169 Å². The highest BCUT2D eigenvalue weighted by atomic mass is 32.2. The van der Waals surface area contributed by atoms with Crippen molar-refractivity contribution in [3.05, 3.63) is 60.2 Å². The maximum atomic E-state index is 12.9. The van der Waals surface area contributed by atoms with Gasteiger partial charge in [-0.1, -0.05) is 54.6 Å². The molecular formula is C21H26N2O4S. The molecule has 2 atom stereocenters. The molecule has 0 aliphatic heterocycles. The van der Waals surface area contributed by atoms with E-state index in [0.29, 0.717) is 18.6 Å². The maximum absolute atomic E-state index is 12.9. The second-order valence-corrected chi connectivity index (χ2v) is 7.40. The van der Waals surface area contributed by atoms with Crippen molar-refractivity contribution >= 4 is 29.5 Å². The molecule has 0 saturated heterocycles. The van der Waals surface area contributed by atoms with Gasteiger partial charge in [-0.05, 0) is 24.0 Å². The lowest BCUT2D eigenvalue weighted by Gasteiger charge is -2.23. The summed E-state index contributed by atoms with van der Waals surface area (Å²) in [5.41, 5.74) is 0.916. The first-order chi connectivity index (χ1) is 13.5. The second kappa shape index (κ2) is 11.3. The van der Waals surface area contributed by atoms with Gasteiger partial charge >= 0.3 is 5.97 Å². The van der Waals surface area contributed by atoms with E-state index in [-0.39, 0.29) is 11.8 Å². The van der Waals surface area contributed by atoms with E-state index in [1.807, 2.05) is 36.6 Å². The van der Waals surface area contributed by atoms with Crippen LogP contribution in [-0.4, -0.2) is 49.0 Å². The summed E-state index contributed by atoms with van der Waals surface area (Å²) < 4.78 is 4.80. The number of hydrogen-bond acceptors (Lipinski definition) is 5. The second-order valence-electron chi connectivity index (χ2n) is 6.41.